The maximum Gasteiger partial charge on any atom is 0.243 e. The average molecular weight is 532 g/mol. The van der Waals surface area contributed by atoms with Crippen molar-refractivity contribution in [3.8, 4) is 0 Å². The van der Waals surface area contributed by atoms with Gasteiger partial charge >= 0.3 is 0 Å². The Kier molecular flexibility index (Phi) is 11.7. The van der Waals surface area contributed by atoms with Gasteiger partial charge in [0.1, 0.15) is 0 Å². The van der Waals surface area contributed by atoms with Gasteiger partial charge in [-0.1, -0.05) is 107 Å². The Bertz CT molecular complexity index is 906. The Balaban J connectivity index is 0.00000272. The Labute approximate surface area is 235 Å². The van der Waals surface area contributed by atoms with E-state index in [1.54, 1.807) is 0 Å². The van der Waals surface area contributed by atoms with Gasteiger partial charge < -0.3 is 13.5 Å². The van der Waals surface area contributed by atoms with Crippen LogP contribution in [0.3, 0.4) is 0 Å². The summed E-state index contributed by atoms with van der Waals surface area (Å²) in [4.78, 5) is 0. The number of benzene rings is 3. The van der Waals surface area contributed by atoms with Crippen molar-refractivity contribution in [3.05, 3.63) is 86.5 Å². The average Bonchev–Trinajstić information content (AvgIpc) is 2.71. The summed E-state index contributed by atoms with van der Waals surface area (Å²) in [6.07, 6.45) is 3.25. The quantitative estimate of drug-likeness (QED) is 0.231. The van der Waals surface area contributed by atoms with Gasteiger partial charge in [-0.15, -0.1) is 0 Å². The van der Waals surface area contributed by atoms with Gasteiger partial charge in [0.25, 0.3) is 0 Å². The fourth-order valence-electron chi connectivity index (χ4n) is 5.60. The molecule has 0 saturated heterocycles. The molecule has 0 saturated carbocycles. The largest absolute Gasteiger partial charge is 0.813 e. The van der Waals surface area contributed by atoms with E-state index < -0.39 is 0 Å². The maximum atomic E-state index is 2.41. The van der Waals surface area contributed by atoms with Crippen molar-refractivity contribution in [1.82, 2.24) is 0 Å². The molecule has 0 bridgehead atoms. The molecule has 0 unspecified atom stereocenters. The molecule has 3 rings (SSSR count). The minimum absolute atomic E-state index is 0. The van der Waals surface area contributed by atoms with E-state index in [2.05, 4.69) is 98.7 Å². The van der Waals surface area contributed by atoms with Crippen molar-refractivity contribution >= 4 is 36.6 Å². The third-order valence-electron chi connectivity index (χ3n) is 7.05. The summed E-state index contributed by atoms with van der Waals surface area (Å²) in [5.74, 6) is 0. The molecule has 33 heavy (non-hydrogen) atoms. The van der Waals surface area contributed by atoms with Crippen LogP contribution in [0.4, 0.5) is 0 Å². The number of thiol groups is 1. The minimum atomic E-state index is 0. The van der Waals surface area contributed by atoms with E-state index >= 15 is 0 Å². The predicted octanol–water partition coefficient (Wildman–Crippen LogP) is 5.47. The molecule has 3 aromatic carbocycles. The summed E-state index contributed by atoms with van der Waals surface area (Å²) < 4.78 is 0. The summed E-state index contributed by atoms with van der Waals surface area (Å²) in [5.41, 5.74) is 17.3. The molecular weight excluding hydrogens is 492 g/mol. The molecule has 3 aromatic rings. The van der Waals surface area contributed by atoms with E-state index in [1.165, 1.54) is 66.5 Å². The second kappa shape index (κ2) is 12.8. The fourth-order valence-corrected chi connectivity index (χ4v) is 5.60. The van der Waals surface area contributed by atoms with Crippen LogP contribution in [0.15, 0.2) is 36.4 Å². The van der Waals surface area contributed by atoms with Crippen molar-refractivity contribution in [2.45, 2.75) is 81.6 Å². The molecule has 173 valence electrons. The molecule has 3 heteroatoms. The second-order valence-corrected chi connectivity index (χ2v) is 9.42. The molecule has 0 fully saturated rings. The van der Waals surface area contributed by atoms with E-state index in [9.17, 15) is 0 Å². The van der Waals surface area contributed by atoms with E-state index in [0.717, 1.165) is 19.3 Å². The summed E-state index contributed by atoms with van der Waals surface area (Å²) in [7, 11) is 0. The van der Waals surface area contributed by atoms with Gasteiger partial charge in [0.05, 0.1) is 0 Å². The topological polar surface area (TPSA) is 0 Å². The standard InChI is InChI=1S/C30H39B.H2S.Y/c1-10-25-13-19(4)28(20(5)14-25)31(29-21(6)15-26(11-2)16-22(29)7)30-23(8)17-27(12-3)18-24(30)9;;/h13-18H,10-12H2,1-9H3;1H2;/p-1. The normalized spacial score (nSPS) is 10.5. The molecule has 0 aliphatic rings. The first kappa shape index (κ1) is 30.2. The van der Waals surface area contributed by atoms with E-state index in [1.807, 2.05) is 0 Å². The number of aryl methyl sites for hydroxylation is 9. The van der Waals surface area contributed by atoms with Crippen LogP contribution in [0.2, 0.25) is 0 Å². The zero-order chi connectivity index (χ0) is 22.9. The van der Waals surface area contributed by atoms with Crippen LogP contribution >= 0.6 is 0 Å². The van der Waals surface area contributed by atoms with Crippen molar-refractivity contribution in [2.75, 3.05) is 0 Å². The monoisotopic (exact) mass is 532 g/mol. The Hall–Kier alpha value is -0.821. The first-order valence-corrected chi connectivity index (χ1v) is 12.0. The first-order valence-electron chi connectivity index (χ1n) is 12.0. The predicted molar refractivity (Wildman–Crippen MR) is 149 cm³/mol. The Morgan fingerprint density at radius 1 is 0.455 bits per heavy atom. The fraction of sp³-hybridized carbons (Fsp3) is 0.400. The van der Waals surface area contributed by atoms with E-state index in [4.69, 9.17) is 0 Å². The van der Waals surface area contributed by atoms with Crippen molar-refractivity contribution in [2.24, 2.45) is 0 Å². The third kappa shape index (κ3) is 6.25. The van der Waals surface area contributed by atoms with E-state index in [-0.39, 0.29) is 52.9 Å². The number of rotatable bonds is 6. The van der Waals surface area contributed by atoms with Gasteiger partial charge in [0, 0.05) is 32.7 Å². The van der Waals surface area contributed by atoms with Crippen molar-refractivity contribution in [1.29, 1.82) is 0 Å². The van der Waals surface area contributed by atoms with Crippen LogP contribution in [-0.4, -0.2) is 6.71 Å². The number of hydrogen-bond acceptors (Lipinski definition) is 1. The van der Waals surface area contributed by atoms with Gasteiger partial charge in [-0.25, -0.2) is 0 Å². The Morgan fingerprint density at radius 2 is 0.636 bits per heavy atom. The smallest absolute Gasteiger partial charge is 0.243 e. The molecule has 0 aromatic heterocycles. The molecule has 0 aliphatic heterocycles. The van der Waals surface area contributed by atoms with Gasteiger partial charge in [-0.3, -0.25) is 0 Å². The molecule has 0 atom stereocenters. The van der Waals surface area contributed by atoms with E-state index in [0.29, 0.717) is 0 Å². The summed E-state index contributed by atoms with van der Waals surface area (Å²) >= 11 is 0. The molecule has 0 heterocycles. The van der Waals surface area contributed by atoms with Crippen molar-refractivity contribution in [3.63, 3.8) is 0 Å². The minimum Gasteiger partial charge on any atom is -0.813 e. The summed E-state index contributed by atoms with van der Waals surface area (Å²) in [6, 6.07) is 14.4. The SMILES string of the molecule is CCc1cc(C)c(B(c2c(C)cc(CC)cc2C)c2c(C)cc(CC)cc2C)c(C)c1.[SH-].[Y]. The van der Waals surface area contributed by atoms with Crippen LogP contribution < -0.4 is 16.4 Å². The molecule has 0 N–H and O–H groups in total. The molecule has 0 aliphatic carbocycles. The van der Waals surface area contributed by atoms with Crippen molar-refractivity contribution < 1.29 is 32.7 Å². The summed E-state index contributed by atoms with van der Waals surface area (Å²) in [5, 5.41) is 0. The number of hydrogen-bond donors (Lipinski definition) is 0. The molecule has 1 radical (unpaired) electrons. The zero-order valence-electron chi connectivity index (χ0n) is 22.2. The van der Waals surface area contributed by atoms with Gasteiger partial charge in [0.15, 0.2) is 0 Å². The third-order valence-corrected chi connectivity index (χ3v) is 7.05. The van der Waals surface area contributed by atoms with Crippen LogP contribution in [0.1, 0.15) is 70.8 Å². The van der Waals surface area contributed by atoms with Gasteiger partial charge in [0.2, 0.25) is 6.71 Å². The second-order valence-electron chi connectivity index (χ2n) is 9.42. The van der Waals surface area contributed by atoms with Crippen LogP contribution in [0.5, 0.6) is 0 Å². The van der Waals surface area contributed by atoms with Crippen LogP contribution in [0, 0.1) is 41.5 Å². The molecule has 0 amide bonds. The van der Waals surface area contributed by atoms with Crippen LogP contribution in [-0.2, 0) is 65.5 Å². The molecule has 0 nitrogen and oxygen atoms in total. The Morgan fingerprint density at radius 3 is 0.788 bits per heavy atom. The van der Waals surface area contributed by atoms with Crippen LogP contribution in [0.25, 0.3) is 0 Å². The zero-order valence-corrected chi connectivity index (χ0v) is 25.9. The van der Waals surface area contributed by atoms with Gasteiger partial charge in [-0.05, 0) is 77.5 Å². The first-order chi connectivity index (χ1) is 14.7. The molecular formula is C30H40BSY-. The maximum absolute atomic E-state index is 2.41. The molecule has 0 spiro atoms. The van der Waals surface area contributed by atoms with Gasteiger partial charge in [-0.2, -0.15) is 0 Å². The summed E-state index contributed by atoms with van der Waals surface area (Å²) in [6.45, 7) is 20.9.